The fourth-order valence-electron chi connectivity index (χ4n) is 3.43. The maximum atomic E-state index is 12.5. The Kier molecular flexibility index (Phi) is 21.8. The van der Waals surface area contributed by atoms with Crippen molar-refractivity contribution in [1.29, 1.82) is 0 Å². The van der Waals surface area contributed by atoms with Gasteiger partial charge in [-0.2, -0.15) is 0 Å². The van der Waals surface area contributed by atoms with Crippen LogP contribution in [0.1, 0.15) is 90.9 Å². The summed E-state index contributed by atoms with van der Waals surface area (Å²) in [5.74, 6) is -0.211. The summed E-state index contributed by atoms with van der Waals surface area (Å²) in [7, 11) is 1.53. The number of carbonyl (C=O) groups excluding carboxylic acids is 1. The maximum absolute atomic E-state index is 12.5. The van der Waals surface area contributed by atoms with Crippen LogP contribution in [0.25, 0.3) is 0 Å². The Labute approximate surface area is 232 Å². The number of allylic oxidation sites excluding steroid dienone is 5. The summed E-state index contributed by atoms with van der Waals surface area (Å²) in [6.07, 6.45) is 22.5. The number of hydrogen-bond donors (Lipinski definition) is 3. The van der Waals surface area contributed by atoms with Crippen LogP contribution in [0.5, 0.6) is 0 Å². The van der Waals surface area contributed by atoms with E-state index in [4.69, 9.17) is 9.05 Å². The summed E-state index contributed by atoms with van der Waals surface area (Å²) in [5, 5.41) is 13.5. The van der Waals surface area contributed by atoms with Crippen molar-refractivity contribution in [3.63, 3.8) is 0 Å². The minimum Gasteiger partial charge on any atom is -0.387 e. The lowest BCUT2D eigenvalue weighted by atomic mass is 10.1. The van der Waals surface area contributed by atoms with Crippen molar-refractivity contribution < 1.29 is 32.9 Å². The first-order chi connectivity index (χ1) is 18.0. The van der Waals surface area contributed by atoms with Crippen molar-refractivity contribution in [2.75, 3.05) is 40.9 Å². The molecule has 0 heterocycles. The van der Waals surface area contributed by atoms with E-state index in [1.54, 1.807) is 6.08 Å². The Bertz CT molecular complexity index is 733. The predicted octanol–water partition coefficient (Wildman–Crippen LogP) is 6.06. The van der Waals surface area contributed by atoms with E-state index >= 15 is 0 Å². The molecule has 0 aliphatic rings. The van der Waals surface area contributed by atoms with Crippen LogP contribution in [0.3, 0.4) is 0 Å². The summed E-state index contributed by atoms with van der Waals surface area (Å²) in [6.45, 7) is 4.55. The lowest BCUT2D eigenvalue weighted by molar-refractivity contribution is -0.870. The van der Waals surface area contributed by atoms with Gasteiger partial charge in [0.25, 0.3) is 0 Å². The molecule has 0 aliphatic heterocycles. The highest BCUT2D eigenvalue weighted by Crippen LogP contribution is 2.43. The molecule has 8 nitrogen and oxygen atoms in total. The fourth-order valence-corrected chi connectivity index (χ4v) is 4.16. The van der Waals surface area contributed by atoms with Crippen molar-refractivity contribution in [1.82, 2.24) is 5.32 Å². The average Bonchev–Trinajstić information content (AvgIpc) is 2.83. The molecule has 0 aliphatic carbocycles. The first-order valence-corrected chi connectivity index (χ1v) is 15.9. The van der Waals surface area contributed by atoms with E-state index in [1.165, 1.54) is 6.42 Å². The minimum atomic E-state index is -4.32. The second-order valence-electron chi connectivity index (χ2n) is 10.8. The Morgan fingerprint density at radius 3 is 2.03 bits per heavy atom. The second kappa shape index (κ2) is 22.5. The van der Waals surface area contributed by atoms with E-state index in [1.807, 2.05) is 27.2 Å². The SMILES string of the molecule is CCC/C=C/CC/C=C/CC/C=C/C(O)C(COP(=O)(O)OCC[N+](C)(C)C)NC(=O)CCCCCCC. The molecular formula is C29H56N2O6P+. The Morgan fingerprint density at radius 2 is 1.45 bits per heavy atom. The van der Waals surface area contributed by atoms with E-state index in [0.29, 0.717) is 17.4 Å². The van der Waals surface area contributed by atoms with Crippen molar-refractivity contribution in [2.45, 2.75) is 103 Å². The van der Waals surface area contributed by atoms with Gasteiger partial charge in [-0.3, -0.25) is 13.8 Å². The number of aliphatic hydroxyl groups excluding tert-OH is 1. The largest absolute Gasteiger partial charge is 0.472 e. The number of nitrogens with zero attached hydrogens (tertiary/aromatic N) is 1. The van der Waals surface area contributed by atoms with Gasteiger partial charge in [0.1, 0.15) is 13.2 Å². The lowest BCUT2D eigenvalue weighted by Crippen LogP contribution is -2.45. The molecule has 0 bridgehead atoms. The van der Waals surface area contributed by atoms with Crippen LogP contribution in [0.4, 0.5) is 0 Å². The number of nitrogens with one attached hydrogen (secondary N) is 1. The van der Waals surface area contributed by atoms with Gasteiger partial charge in [-0.25, -0.2) is 4.57 Å². The molecule has 0 aromatic carbocycles. The number of aliphatic hydroxyl groups is 1. The molecule has 0 fully saturated rings. The van der Waals surface area contributed by atoms with Gasteiger partial charge < -0.3 is 19.8 Å². The molecule has 0 saturated heterocycles. The van der Waals surface area contributed by atoms with Gasteiger partial charge in [0.15, 0.2) is 0 Å². The summed E-state index contributed by atoms with van der Waals surface area (Å²) in [4.78, 5) is 22.5. The summed E-state index contributed by atoms with van der Waals surface area (Å²) >= 11 is 0. The smallest absolute Gasteiger partial charge is 0.387 e. The van der Waals surface area contributed by atoms with Crippen LogP contribution in [0, 0.1) is 0 Å². The summed E-state index contributed by atoms with van der Waals surface area (Å²) in [5.41, 5.74) is 0. The molecule has 0 aromatic heterocycles. The zero-order valence-corrected chi connectivity index (χ0v) is 25.5. The standard InChI is InChI=1S/C29H55N2O6P/c1-6-8-10-12-13-14-15-16-17-19-20-22-28(32)27(30-29(33)23-21-18-11-9-7-2)26-37-38(34,35)36-25-24-31(3,4)5/h10,12,15-16,20,22,27-28,32H,6-9,11,13-14,17-19,21,23-26H2,1-5H3,(H-,30,33,34,35)/p+1/b12-10+,16-15+,22-20+. The molecule has 0 aromatic rings. The van der Waals surface area contributed by atoms with Gasteiger partial charge in [0, 0.05) is 6.42 Å². The van der Waals surface area contributed by atoms with Gasteiger partial charge in [0.2, 0.25) is 5.91 Å². The normalized spacial score (nSPS) is 15.9. The summed E-state index contributed by atoms with van der Waals surface area (Å²) < 4.78 is 23.1. The molecule has 3 atom stereocenters. The van der Waals surface area contributed by atoms with Crippen LogP contribution >= 0.6 is 7.82 Å². The number of phosphoric acid groups is 1. The quantitative estimate of drug-likeness (QED) is 0.0575. The number of rotatable bonds is 24. The van der Waals surface area contributed by atoms with Gasteiger partial charge in [-0.15, -0.1) is 0 Å². The minimum absolute atomic E-state index is 0.0526. The van der Waals surface area contributed by atoms with E-state index < -0.39 is 20.0 Å². The number of phosphoric ester groups is 1. The van der Waals surface area contributed by atoms with E-state index in [-0.39, 0.29) is 19.1 Å². The summed E-state index contributed by atoms with van der Waals surface area (Å²) in [6, 6.07) is -0.859. The van der Waals surface area contributed by atoms with Gasteiger partial charge in [0.05, 0.1) is 39.9 Å². The van der Waals surface area contributed by atoms with Crippen molar-refractivity contribution in [3.05, 3.63) is 36.5 Å². The molecule has 0 saturated carbocycles. The zero-order valence-electron chi connectivity index (χ0n) is 24.6. The Morgan fingerprint density at radius 1 is 0.868 bits per heavy atom. The molecule has 3 N–H and O–H groups in total. The monoisotopic (exact) mass is 559 g/mol. The van der Waals surface area contributed by atoms with Crippen LogP contribution in [0.15, 0.2) is 36.5 Å². The average molecular weight is 560 g/mol. The fraction of sp³-hybridized carbons (Fsp3) is 0.759. The van der Waals surface area contributed by atoms with E-state index in [9.17, 15) is 19.4 Å². The lowest BCUT2D eigenvalue weighted by Gasteiger charge is -2.25. The molecule has 1 amide bonds. The van der Waals surface area contributed by atoms with Crippen molar-refractivity contribution >= 4 is 13.7 Å². The predicted molar refractivity (Wildman–Crippen MR) is 157 cm³/mol. The first-order valence-electron chi connectivity index (χ1n) is 14.4. The number of unbranched alkanes of at least 4 members (excludes halogenated alkanes) is 7. The number of likely N-dealkylation sites (N-methyl/N-ethyl adjacent to an activating group) is 1. The molecular weight excluding hydrogens is 503 g/mol. The van der Waals surface area contributed by atoms with Crippen LogP contribution in [-0.2, 0) is 18.4 Å². The number of quaternary nitrogens is 1. The third-order valence-corrected chi connectivity index (χ3v) is 6.81. The molecule has 0 radical (unpaired) electrons. The van der Waals surface area contributed by atoms with Crippen LogP contribution < -0.4 is 5.32 Å². The maximum Gasteiger partial charge on any atom is 0.472 e. The zero-order chi connectivity index (χ0) is 28.7. The van der Waals surface area contributed by atoms with Gasteiger partial charge in [-0.05, 0) is 38.5 Å². The van der Waals surface area contributed by atoms with Crippen LogP contribution in [0.2, 0.25) is 0 Å². The third-order valence-electron chi connectivity index (χ3n) is 5.82. The Hall–Kier alpha value is -1.28. The molecule has 0 spiro atoms. The number of amides is 1. The molecule has 0 rings (SSSR count). The highest BCUT2D eigenvalue weighted by atomic mass is 31.2. The topological polar surface area (TPSA) is 105 Å². The highest BCUT2D eigenvalue weighted by Gasteiger charge is 2.27. The van der Waals surface area contributed by atoms with Gasteiger partial charge in [-0.1, -0.05) is 82.4 Å². The van der Waals surface area contributed by atoms with Crippen molar-refractivity contribution in [3.8, 4) is 0 Å². The Balaban J connectivity index is 4.78. The molecule has 3 unspecified atom stereocenters. The van der Waals surface area contributed by atoms with E-state index in [2.05, 4.69) is 43.5 Å². The van der Waals surface area contributed by atoms with E-state index in [0.717, 1.165) is 64.2 Å². The number of carbonyl (C=O) groups is 1. The van der Waals surface area contributed by atoms with Crippen molar-refractivity contribution in [2.24, 2.45) is 0 Å². The van der Waals surface area contributed by atoms with Crippen LogP contribution in [-0.4, -0.2) is 73.4 Å². The first kappa shape index (κ1) is 36.7. The third kappa shape index (κ3) is 23.8. The second-order valence-corrected chi connectivity index (χ2v) is 12.2. The molecule has 222 valence electrons. The molecule has 9 heteroatoms. The highest BCUT2D eigenvalue weighted by molar-refractivity contribution is 7.47. The number of hydrogen-bond acceptors (Lipinski definition) is 5. The molecule has 38 heavy (non-hydrogen) atoms. The van der Waals surface area contributed by atoms with Gasteiger partial charge >= 0.3 is 7.82 Å².